The van der Waals surface area contributed by atoms with E-state index >= 15 is 0 Å². The first-order chi connectivity index (χ1) is 12.1. The minimum atomic E-state index is -0.0745. The summed E-state index contributed by atoms with van der Waals surface area (Å²) in [7, 11) is 0. The lowest BCUT2D eigenvalue weighted by Crippen LogP contribution is -2.29. The molecule has 0 radical (unpaired) electrons. The molecule has 2 aromatic carbocycles. The maximum Gasteiger partial charge on any atom is 0.224 e. The van der Waals surface area contributed by atoms with E-state index in [9.17, 15) is 4.79 Å². The van der Waals surface area contributed by atoms with Gasteiger partial charge in [0, 0.05) is 5.02 Å². The Hall–Kier alpha value is -1.91. The van der Waals surface area contributed by atoms with Crippen molar-refractivity contribution in [2.45, 2.75) is 25.8 Å². The first-order valence-electron chi connectivity index (χ1n) is 8.19. The predicted molar refractivity (Wildman–Crippen MR) is 98.8 cm³/mol. The standard InChI is InChI=1S/C19H19Cl2NO3/c1-2-16(13-3-5-14(20)6-4-13)22-18(23)11-12-9-15(21)19-17(10-12)24-7-8-25-19/h3-6,9-10,16H,2,7-8,11H2,1H3,(H,22,23). The Morgan fingerprint density at radius 1 is 1.16 bits per heavy atom. The van der Waals surface area contributed by atoms with Crippen LogP contribution in [0.3, 0.4) is 0 Å². The summed E-state index contributed by atoms with van der Waals surface area (Å²) in [5.74, 6) is 1.06. The first kappa shape index (κ1) is 17.9. The summed E-state index contributed by atoms with van der Waals surface area (Å²) >= 11 is 12.1. The molecule has 3 rings (SSSR count). The number of hydrogen-bond acceptors (Lipinski definition) is 3. The molecule has 0 bridgehead atoms. The van der Waals surface area contributed by atoms with Crippen LogP contribution in [0.25, 0.3) is 0 Å². The van der Waals surface area contributed by atoms with Crippen LogP contribution in [-0.4, -0.2) is 19.1 Å². The molecule has 0 aromatic heterocycles. The fourth-order valence-corrected chi connectivity index (χ4v) is 3.23. The topological polar surface area (TPSA) is 47.6 Å². The van der Waals surface area contributed by atoms with Crippen molar-refractivity contribution in [1.29, 1.82) is 0 Å². The molecule has 0 aliphatic carbocycles. The van der Waals surface area contributed by atoms with Crippen molar-refractivity contribution in [3.05, 3.63) is 57.6 Å². The Labute approximate surface area is 157 Å². The van der Waals surface area contributed by atoms with Crippen molar-refractivity contribution < 1.29 is 14.3 Å². The highest BCUT2D eigenvalue weighted by Gasteiger charge is 2.19. The van der Waals surface area contributed by atoms with Crippen molar-refractivity contribution in [2.24, 2.45) is 0 Å². The van der Waals surface area contributed by atoms with Crippen LogP contribution in [-0.2, 0) is 11.2 Å². The van der Waals surface area contributed by atoms with Gasteiger partial charge in [0.1, 0.15) is 13.2 Å². The van der Waals surface area contributed by atoms with Crippen LogP contribution >= 0.6 is 23.2 Å². The molecule has 0 saturated heterocycles. The molecule has 4 nitrogen and oxygen atoms in total. The van der Waals surface area contributed by atoms with Crippen LogP contribution in [0.5, 0.6) is 11.5 Å². The van der Waals surface area contributed by atoms with E-state index in [1.807, 2.05) is 37.3 Å². The van der Waals surface area contributed by atoms with Crippen LogP contribution in [0.2, 0.25) is 10.0 Å². The minimum Gasteiger partial charge on any atom is -0.486 e. The van der Waals surface area contributed by atoms with Gasteiger partial charge < -0.3 is 14.8 Å². The molecule has 0 fully saturated rings. The molecule has 1 amide bonds. The second-order valence-corrected chi connectivity index (χ2v) is 6.70. The molecule has 1 aliphatic rings. The van der Waals surface area contributed by atoms with Crippen LogP contribution in [0.15, 0.2) is 36.4 Å². The van der Waals surface area contributed by atoms with E-state index in [-0.39, 0.29) is 18.4 Å². The Balaban J connectivity index is 1.69. The average molecular weight is 380 g/mol. The third-order valence-electron chi connectivity index (χ3n) is 4.04. The highest BCUT2D eigenvalue weighted by Crippen LogP contribution is 2.38. The number of fused-ring (bicyclic) bond motifs is 1. The van der Waals surface area contributed by atoms with E-state index in [0.29, 0.717) is 34.8 Å². The number of rotatable bonds is 5. The number of carbonyl (C=O) groups excluding carboxylic acids is 1. The fourth-order valence-electron chi connectivity index (χ4n) is 2.81. The Bertz CT molecular complexity index is 762. The number of nitrogens with one attached hydrogen (secondary N) is 1. The van der Waals surface area contributed by atoms with Crippen molar-refractivity contribution >= 4 is 29.1 Å². The van der Waals surface area contributed by atoms with Gasteiger partial charge in [0.15, 0.2) is 11.5 Å². The third kappa shape index (κ3) is 4.39. The molecule has 132 valence electrons. The van der Waals surface area contributed by atoms with E-state index in [0.717, 1.165) is 17.5 Å². The molecule has 1 heterocycles. The summed E-state index contributed by atoms with van der Waals surface area (Å²) < 4.78 is 11.1. The molecule has 1 N–H and O–H groups in total. The minimum absolute atomic E-state index is 0.0579. The van der Waals surface area contributed by atoms with Crippen molar-refractivity contribution in [1.82, 2.24) is 5.32 Å². The Morgan fingerprint density at radius 2 is 1.88 bits per heavy atom. The van der Waals surface area contributed by atoms with Gasteiger partial charge in [0.05, 0.1) is 17.5 Å². The highest BCUT2D eigenvalue weighted by molar-refractivity contribution is 6.32. The summed E-state index contributed by atoms with van der Waals surface area (Å²) in [5.41, 5.74) is 1.82. The third-order valence-corrected chi connectivity index (χ3v) is 4.57. The molecule has 2 aromatic rings. The SMILES string of the molecule is CCC(NC(=O)Cc1cc(Cl)c2c(c1)OCCO2)c1ccc(Cl)cc1. The van der Waals surface area contributed by atoms with Crippen LogP contribution in [0.1, 0.15) is 30.5 Å². The second-order valence-electron chi connectivity index (χ2n) is 5.86. The Kier molecular flexibility index (Phi) is 5.71. The lowest BCUT2D eigenvalue weighted by Gasteiger charge is -2.21. The van der Waals surface area contributed by atoms with Crippen LogP contribution in [0, 0.1) is 0 Å². The number of ether oxygens (including phenoxy) is 2. The maximum absolute atomic E-state index is 12.4. The van der Waals surface area contributed by atoms with E-state index in [1.54, 1.807) is 6.07 Å². The van der Waals surface area contributed by atoms with Gasteiger partial charge in [-0.05, 0) is 41.8 Å². The van der Waals surface area contributed by atoms with Gasteiger partial charge in [0.25, 0.3) is 0 Å². The summed E-state index contributed by atoms with van der Waals surface area (Å²) in [6, 6.07) is 11.0. The van der Waals surface area contributed by atoms with Crippen LogP contribution < -0.4 is 14.8 Å². The summed E-state index contributed by atoms with van der Waals surface area (Å²) in [6.45, 7) is 2.99. The summed E-state index contributed by atoms with van der Waals surface area (Å²) in [4.78, 5) is 12.4. The summed E-state index contributed by atoms with van der Waals surface area (Å²) in [5, 5.41) is 4.19. The lowest BCUT2D eigenvalue weighted by molar-refractivity contribution is -0.121. The molecular weight excluding hydrogens is 361 g/mol. The Morgan fingerprint density at radius 3 is 2.60 bits per heavy atom. The van der Waals surface area contributed by atoms with Gasteiger partial charge in [-0.2, -0.15) is 0 Å². The zero-order valence-corrected chi connectivity index (χ0v) is 15.4. The van der Waals surface area contributed by atoms with Crippen molar-refractivity contribution in [3.63, 3.8) is 0 Å². The monoisotopic (exact) mass is 379 g/mol. The van der Waals surface area contributed by atoms with E-state index in [4.69, 9.17) is 32.7 Å². The molecule has 0 saturated carbocycles. The van der Waals surface area contributed by atoms with Crippen molar-refractivity contribution in [3.8, 4) is 11.5 Å². The van der Waals surface area contributed by atoms with Crippen molar-refractivity contribution in [2.75, 3.05) is 13.2 Å². The number of halogens is 2. The van der Waals surface area contributed by atoms with Gasteiger partial charge in [-0.25, -0.2) is 0 Å². The largest absolute Gasteiger partial charge is 0.486 e. The zero-order chi connectivity index (χ0) is 17.8. The quantitative estimate of drug-likeness (QED) is 0.827. The van der Waals surface area contributed by atoms with Gasteiger partial charge in [0.2, 0.25) is 5.91 Å². The molecule has 1 aliphatic heterocycles. The molecule has 1 unspecified atom stereocenters. The van der Waals surface area contributed by atoms with E-state index < -0.39 is 0 Å². The van der Waals surface area contributed by atoms with Gasteiger partial charge >= 0.3 is 0 Å². The highest BCUT2D eigenvalue weighted by atomic mass is 35.5. The molecule has 0 spiro atoms. The predicted octanol–water partition coefficient (Wildman–Crippen LogP) is 4.57. The maximum atomic E-state index is 12.4. The van der Waals surface area contributed by atoms with E-state index in [2.05, 4.69) is 5.32 Å². The lowest BCUT2D eigenvalue weighted by atomic mass is 10.0. The van der Waals surface area contributed by atoms with Crippen LogP contribution in [0.4, 0.5) is 0 Å². The molecular formula is C19H19Cl2NO3. The smallest absolute Gasteiger partial charge is 0.224 e. The summed E-state index contributed by atoms with van der Waals surface area (Å²) in [6.07, 6.45) is 1.01. The second kappa shape index (κ2) is 7.98. The van der Waals surface area contributed by atoms with E-state index in [1.165, 1.54) is 0 Å². The zero-order valence-electron chi connectivity index (χ0n) is 13.9. The molecule has 6 heteroatoms. The molecule has 1 atom stereocenters. The van der Waals surface area contributed by atoms with Gasteiger partial charge in [-0.1, -0.05) is 42.3 Å². The average Bonchev–Trinajstić information content (AvgIpc) is 2.60. The number of benzene rings is 2. The normalized spacial score (nSPS) is 14.0. The molecule has 25 heavy (non-hydrogen) atoms. The number of amides is 1. The van der Waals surface area contributed by atoms with Gasteiger partial charge in [-0.3, -0.25) is 4.79 Å². The first-order valence-corrected chi connectivity index (χ1v) is 8.95. The fraction of sp³-hybridized carbons (Fsp3) is 0.316. The number of carbonyl (C=O) groups is 1. The number of hydrogen-bond donors (Lipinski definition) is 1. The van der Waals surface area contributed by atoms with Gasteiger partial charge in [-0.15, -0.1) is 0 Å².